The maximum absolute atomic E-state index is 10.3. The number of rotatable bonds is 2. The van der Waals surface area contributed by atoms with E-state index >= 15 is 0 Å². The minimum Gasteiger partial charge on any atom is -0.308 e. The number of nitrogens with one attached hydrogen (secondary N) is 1. The van der Waals surface area contributed by atoms with Crippen molar-refractivity contribution in [2.75, 3.05) is 0 Å². The van der Waals surface area contributed by atoms with Gasteiger partial charge in [0.05, 0.1) is 9.83 Å². The van der Waals surface area contributed by atoms with Gasteiger partial charge in [0.25, 0.3) is 0 Å². The van der Waals surface area contributed by atoms with Gasteiger partial charge in [-0.1, -0.05) is 0 Å². The third-order valence-corrected chi connectivity index (χ3v) is 2.99. The fourth-order valence-corrected chi connectivity index (χ4v) is 1.87. The molecule has 0 fully saturated rings. The summed E-state index contributed by atoms with van der Waals surface area (Å²) in [7, 11) is 0. The van der Waals surface area contributed by atoms with Gasteiger partial charge in [0.2, 0.25) is 0 Å². The second-order valence-corrected chi connectivity index (χ2v) is 4.67. The lowest BCUT2D eigenvalue weighted by Gasteiger charge is -2.10. The van der Waals surface area contributed by atoms with Crippen LogP contribution >= 0.6 is 27.7 Å². The van der Waals surface area contributed by atoms with Crippen molar-refractivity contribution in [3.05, 3.63) is 21.2 Å². The Morgan fingerprint density at radius 2 is 2.55 bits per heavy atom. The highest BCUT2D eigenvalue weighted by atomic mass is 79.9. The van der Waals surface area contributed by atoms with Crippen molar-refractivity contribution in [3.63, 3.8) is 0 Å². The molecule has 0 aromatic rings. The van der Waals surface area contributed by atoms with Crippen LogP contribution in [0.4, 0.5) is 0 Å². The van der Waals surface area contributed by atoms with Gasteiger partial charge in [-0.15, -0.1) is 0 Å². The Labute approximate surface area is 74.5 Å². The van der Waals surface area contributed by atoms with E-state index in [2.05, 4.69) is 21.2 Å². The van der Waals surface area contributed by atoms with E-state index in [0.717, 1.165) is 11.8 Å². The van der Waals surface area contributed by atoms with Gasteiger partial charge in [0.15, 0.2) is 6.29 Å². The summed E-state index contributed by atoms with van der Waals surface area (Å²) in [6.07, 6.45) is 1.86. The lowest BCUT2D eigenvalue weighted by Crippen LogP contribution is -2.36. The summed E-state index contributed by atoms with van der Waals surface area (Å²) in [5.41, 5.74) is 0. The molecule has 0 saturated heterocycles. The van der Waals surface area contributed by atoms with Gasteiger partial charge >= 0.3 is 3.90 Å². The molecule has 1 aliphatic heterocycles. The molecule has 11 heavy (non-hydrogen) atoms. The summed E-state index contributed by atoms with van der Waals surface area (Å²) >= 11 is 3.65. The number of hydrogen-bond acceptors (Lipinski definition) is 5. The normalized spacial score (nSPS) is 29.0. The van der Waals surface area contributed by atoms with Crippen LogP contribution in [0.15, 0.2) is 11.1 Å². The van der Waals surface area contributed by atoms with E-state index in [-0.39, 0.29) is 0 Å². The van der Waals surface area contributed by atoms with Gasteiger partial charge in [-0.25, -0.2) is 0 Å². The average Bonchev–Trinajstić information content (AvgIpc) is 2.33. The predicted molar refractivity (Wildman–Crippen MR) is 43.5 cm³/mol. The molecule has 60 valence electrons. The predicted octanol–water partition coefficient (Wildman–Crippen LogP) is 0.646. The number of aldehydes is 1. The highest BCUT2D eigenvalue weighted by Gasteiger charge is 2.44. The van der Waals surface area contributed by atoms with Crippen molar-refractivity contribution in [1.29, 1.82) is 0 Å². The van der Waals surface area contributed by atoms with Crippen LogP contribution < -0.4 is 5.32 Å². The first-order chi connectivity index (χ1) is 5.08. The van der Waals surface area contributed by atoms with Gasteiger partial charge in [-0.05, 0) is 11.8 Å². The molecule has 0 radical (unpaired) electrons. The maximum Gasteiger partial charge on any atom is 0.401 e. The SMILES string of the molecule is O=CC1=CNC(Br)([N+](=O)[O-])S1. The lowest BCUT2D eigenvalue weighted by molar-refractivity contribution is -0.510. The van der Waals surface area contributed by atoms with Gasteiger partial charge in [0.1, 0.15) is 0 Å². The quantitative estimate of drug-likeness (QED) is 0.252. The van der Waals surface area contributed by atoms with Gasteiger partial charge in [-0.2, -0.15) is 0 Å². The molecular formula is C4H3BrN2O3S. The standard InChI is InChI=1S/C4H3BrN2O3S/c5-4(7(9)10)6-1-3(2-8)11-4/h1-2,6H. The molecule has 5 nitrogen and oxygen atoms in total. The number of alkyl halides is 1. The third-order valence-electron chi connectivity index (χ3n) is 0.997. The van der Waals surface area contributed by atoms with Crippen molar-refractivity contribution in [2.45, 2.75) is 3.90 Å². The molecule has 7 heteroatoms. The summed E-state index contributed by atoms with van der Waals surface area (Å²) in [5.74, 6) is 0. The molecule has 1 N–H and O–H groups in total. The zero-order chi connectivity index (χ0) is 8.48. The number of nitrogens with zero attached hydrogens (tertiary/aromatic N) is 1. The molecule has 1 rings (SSSR count). The second kappa shape index (κ2) is 2.82. The number of carbonyl (C=O) groups is 1. The van der Waals surface area contributed by atoms with Crippen molar-refractivity contribution < 1.29 is 9.72 Å². The molecule has 0 spiro atoms. The number of allylic oxidation sites excluding steroid dienone is 1. The highest BCUT2D eigenvalue weighted by molar-refractivity contribution is 9.11. The van der Waals surface area contributed by atoms with Crippen LogP contribution in [0.2, 0.25) is 0 Å². The summed E-state index contributed by atoms with van der Waals surface area (Å²) in [6, 6.07) is 0. The van der Waals surface area contributed by atoms with Gasteiger partial charge in [0, 0.05) is 22.1 Å². The number of halogens is 1. The highest BCUT2D eigenvalue weighted by Crippen LogP contribution is 2.39. The Morgan fingerprint density at radius 3 is 2.82 bits per heavy atom. The number of hydrogen-bond donors (Lipinski definition) is 1. The average molecular weight is 239 g/mol. The van der Waals surface area contributed by atoms with E-state index in [9.17, 15) is 14.9 Å². The minimum atomic E-state index is -1.46. The van der Waals surface area contributed by atoms with Crippen molar-refractivity contribution in [1.82, 2.24) is 5.32 Å². The zero-order valence-electron chi connectivity index (χ0n) is 5.11. The summed E-state index contributed by atoms with van der Waals surface area (Å²) in [4.78, 5) is 20.2. The first-order valence-electron chi connectivity index (χ1n) is 2.54. The molecule has 0 aromatic carbocycles. The first kappa shape index (κ1) is 8.54. The van der Waals surface area contributed by atoms with E-state index < -0.39 is 8.83 Å². The molecule has 1 aliphatic rings. The van der Waals surface area contributed by atoms with Gasteiger partial charge < -0.3 is 5.32 Å². The van der Waals surface area contributed by atoms with E-state index in [4.69, 9.17) is 0 Å². The van der Waals surface area contributed by atoms with Crippen molar-refractivity contribution >= 4 is 34.0 Å². The van der Waals surface area contributed by atoms with E-state index in [1.165, 1.54) is 6.20 Å². The number of nitro groups is 1. The monoisotopic (exact) mass is 238 g/mol. The van der Waals surface area contributed by atoms with Crippen LogP contribution in [-0.4, -0.2) is 15.1 Å². The van der Waals surface area contributed by atoms with E-state index in [0.29, 0.717) is 11.2 Å². The van der Waals surface area contributed by atoms with Crippen molar-refractivity contribution in [2.24, 2.45) is 0 Å². The lowest BCUT2D eigenvalue weighted by atomic mass is 10.7. The number of carbonyl (C=O) groups excluding carboxylic acids is 1. The Bertz CT molecular complexity index is 243. The molecular weight excluding hydrogens is 236 g/mol. The van der Waals surface area contributed by atoms with Crippen molar-refractivity contribution in [3.8, 4) is 0 Å². The Morgan fingerprint density at radius 1 is 1.91 bits per heavy atom. The molecule has 1 atom stereocenters. The van der Waals surface area contributed by atoms with Crippen LogP contribution in [-0.2, 0) is 4.79 Å². The Balaban J connectivity index is 2.72. The molecule has 0 bridgehead atoms. The largest absolute Gasteiger partial charge is 0.401 e. The fourth-order valence-electron chi connectivity index (χ4n) is 0.523. The number of thioether (sulfide) groups is 1. The fraction of sp³-hybridized carbons (Fsp3) is 0.250. The zero-order valence-corrected chi connectivity index (χ0v) is 7.52. The van der Waals surface area contributed by atoms with Crippen LogP contribution in [0.1, 0.15) is 0 Å². The van der Waals surface area contributed by atoms with Crippen LogP contribution in [0.5, 0.6) is 0 Å². The molecule has 0 aromatic heterocycles. The van der Waals surface area contributed by atoms with Crippen LogP contribution in [0.25, 0.3) is 0 Å². The first-order valence-corrected chi connectivity index (χ1v) is 4.15. The van der Waals surface area contributed by atoms with E-state index in [1.807, 2.05) is 0 Å². The topological polar surface area (TPSA) is 72.2 Å². The second-order valence-electron chi connectivity index (χ2n) is 1.73. The summed E-state index contributed by atoms with van der Waals surface area (Å²) < 4.78 is -1.46. The van der Waals surface area contributed by atoms with E-state index in [1.54, 1.807) is 0 Å². The molecule has 0 aliphatic carbocycles. The van der Waals surface area contributed by atoms with Gasteiger partial charge in [-0.3, -0.25) is 14.9 Å². The summed E-state index contributed by atoms with van der Waals surface area (Å²) in [5, 5.41) is 12.7. The third kappa shape index (κ3) is 1.54. The molecule has 1 unspecified atom stereocenters. The van der Waals surface area contributed by atoms with Crippen LogP contribution in [0.3, 0.4) is 0 Å². The molecule has 0 saturated carbocycles. The smallest absolute Gasteiger partial charge is 0.308 e. The Hall–Kier alpha value is -0.560. The molecule has 0 amide bonds. The maximum atomic E-state index is 10.3. The Kier molecular flexibility index (Phi) is 2.19. The summed E-state index contributed by atoms with van der Waals surface area (Å²) in [6.45, 7) is 0. The minimum absolute atomic E-state index is 0.304. The molecule has 1 heterocycles. The van der Waals surface area contributed by atoms with Crippen LogP contribution in [0, 0.1) is 10.1 Å².